The highest BCUT2D eigenvalue weighted by Crippen LogP contribution is 2.45. The Morgan fingerprint density at radius 2 is 0.764 bits per heavy atom. The molecular weight excluding hydrogens is 691 g/mol. The molecule has 258 valence electrons. The van der Waals surface area contributed by atoms with Crippen LogP contribution in [-0.4, -0.2) is 24.9 Å². The molecule has 10 rings (SSSR count). The molecule has 6 heteroatoms. The zero-order valence-corrected chi connectivity index (χ0v) is 30.4. The van der Waals surface area contributed by atoms with Crippen LogP contribution in [0.4, 0.5) is 0 Å². The predicted octanol–water partition coefficient (Wildman–Crippen LogP) is 12.7. The van der Waals surface area contributed by atoms with E-state index in [-0.39, 0.29) is 0 Å². The summed E-state index contributed by atoms with van der Waals surface area (Å²) >= 11 is 1.79. The lowest BCUT2D eigenvalue weighted by molar-refractivity contribution is 1.08. The number of hydrogen-bond donors (Lipinski definition) is 0. The number of nitrogens with zero attached hydrogens (tertiary/aromatic N) is 5. The molecule has 3 aromatic heterocycles. The van der Waals surface area contributed by atoms with Gasteiger partial charge in [-0.05, 0) is 17.7 Å². The molecule has 0 radical (unpaired) electrons. The monoisotopic (exact) mass is 721 g/mol. The Bertz CT molecular complexity index is 2850. The highest BCUT2D eigenvalue weighted by atomic mass is 32.1. The molecule has 0 amide bonds. The average molecular weight is 722 g/mol. The van der Waals surface area contributed by atoms with Crippen LogP contribution in [0.1, 0.15) is 0 Å². The first-order valence-electron chi connectivity index (χ1n) is 18.2. The molecular formula is C49H31N5S. The van der Waals surface area contributed by atoms with Crippen LogP contribution in [0.15, 0.2) is 188 Å². The third-order valence-electron chi connectivity index (χ3n) is 9.78. The summed E-state index contributed by atoms with van der Waals surface area (Å²) in [7, 11) is 0. The van der Waals surface area contributed by atoms with Gasteiger partial charge in [-0.25, -0.2) is 24.9 Å². The van der Waals surface area contributed by atoms with Crippen LogP contribution in [0, 0.1) is 0 Å². The lowest BCUT2D eigenvalue weighted by atomic mass is 9.95. The minimum Gasteiger partial charge on any atom is -0.228 e. The minimum absolute atomic E-state index is 0.644. The first-order chi connectivity index (χ1) is 27.3. The summed E-state index contributed by atoms with van der Waals surface area (Å²) in [6.45, 7) is 0. The molecule has 0 saturated carbocycles. The second-order valence-corrected chi connectivity index (χ2v) is 14.3. The second kappa shape index (κ2) is 14.0. The van der Waals surface area contributed by atoms with E-state index in [1.54, 1.807) is 11.3 Å². The SMILES string of the molecule is c1ccc(-c2cc(-c3ccccc3-c3cccc4c3sc3cccc(-c5nc(-c6ccccc6)nc(-c6ccccc6)n5)c34)nc(-c3ccccc3)n2)cc1. The van der Waals surface area contributed by atoms with Gasteiger partial charge in [0.1, 0.15) is 0 Å². The summed E-state index contributed by atoms with van der Waals surface area (Å²) in [5.74, 6) is 2.63. The van der Waals surface area contributed by atoms with Crippen LogP contribution >= 0.6 is 11.3 Å². The van der Waals surface area contributed by atoms with Crippen LogP contribution < -0.4 is 0 Å². The third kappa shape index (κ3) is 6.14. The van der Waals surface area contributed by atoms with Crippen LogP contribution in [0.2, 0.25) is 0 Å². The van der Waals surface area contributed by atoms with Gasteiger partial charge in [-0.1, -0.05) is 176 Å². The summed E-state index contributed by atoms with van der Waals surface area (Å²) < 4.78 is 2.36. The number of benzene rings is 7. The topological polar surface area (TPSA) is 64.5 Å². The van der Waals surface area contributed by atoms with E-state index < -0.39 is 0 Å². The lowest BCUT2D eigenvalue weighted by Gasteiger charge is -2.13. The van der Waals surface area contributed by atoms with Gasteiger partial charge in [0.2, 0.25) is 0 Å². The zero-order chi connectivity index (χ0) is 36.6. The Labute approximate surface area is 322 Å². The van der Waals surface area contributed by atoms with E-state index in [2.05, 4.69) is 91.0 Å². The maximum Gasteiger partial charge on any atom is 0.164 e. The molecule has 10 aromatic rings. The van der Waals surface area contributed by atoms with E-state index in [1.165, 1.54) is 9.40 Å². The summed E-state index contributed by atoms with van der Waals surface area (Å²) in [6, 6.07) is 64.4. The van der Waals surface area contributed by atoms with E-state index in [9.17, 15) is 0 Å². The van der Waals surface area contributed by atoms with Crippen LogP contribution in [0.25, 0.3) is 99.4 Å². The van der Waals surface area contributed by atoms with Crippen molar-refractivity contribution < 1.29 is 0 Å². The maximum absolute atomic E-state index is 5.20. The van der Waals surface area contributed by atoms with Crippen molar-refractivity contribution in [2.45, 2.75) is 0 Å². The predicted molar refractivity (Wildman–Crippen MR) is 226 cm³/mol. The number of fused-ring (bicyclic) bond motifs is 3. The number of hydrogen-bond acceptors (Lipinski definition) is 6. The van der Waals surface area contributed by atoms with Gasteiger partial charge in [-0.15, -0.1) is 11.3 Å². The number of aromatic nitrogens is 5. The number of rotatable bonds is 7. The van der Waals surface area contributed by atoms with E-state index >= 15 is 0 Å². The molecule has 0 bridgehead atoms. The molecule has 0 aliphatic carbocycles. The van der Waals surface area contributed by atoms with Crippen molar-refractivity contribution >= 4 is 31.5 Å². The first-order valence-corrected chi connectivity index (χ1v) is 19.0. The number of thiophene rings is 1. The molecule has 0 unspecified atom stereocenters. The largest absolute Gasteiger partial charge is 0.228 e. The Hall–Kier alpha value is -7.15. The van der Waals surface area contributed by atoms with Crippen molar-refractivity contribution in [3.63, 3.8) is 0 Å². The van der Waals surface area contributed by atoms with E-state index in [0.29, 0.717) is 23.3 Å². The van der Waals surface area contributed by atoms with Crippen LogP contribution in [0.5, 0.6) is 0 Å². The van der Waals surface area contributed by atoms with Gasteiger partial charge in [0.15, 0.2) is 23.3 Å². The van der Waals surface area contributed by atoms with E-state index in [1.807, 2.05) is 97.1 Å². The van der Waals surface area contributed by atoms with Crippen molar-refractivity contribution in [3.05, 3.63) is 188 Å². The highest BCUT2D eigenvalue weighted by molar-refractivity contribution is 7.26. The maximum atomic E-state index is 5.20. The molecule has 0 aliphatic heterocycles. The van der Waals surface area contributed by atoms with Gasteiger partial charge in [0, 0.05) is 59.1 Å². The molecule has 0 N–H and O–H groups in total. The van der Waals surface area contributed by atoms with Gasteiger partial charge in [-0.2, -0.15) is 0 Å². The summed E-state index contributed by atoms with van der Waals surface area (Å²) in [5, 5.41) is 2.29. The van der Waals surface area contributed by atoms with Gasteiger partial charge in [-0.3, -0.25) is 0 Å². The van der Waals surface area contributed by atoms with E-state index in [4.69, 9.17) is 24.9 Å². The lowest BCUT2D eigenvalue weighted by Crippen LogP contribution is -2.00. The standard InChI is InChI=1S/C49H31N5S/c1-5-17-32(18-6-1)41-31-42(51-46(50-41)33-19-7-2-8-20-33)37-26-14-13-25-36(37)38-27-15-28-39-44-40(29-16-30-43(44)55-45(38)39)49-53-47(34-21-9-3-10-22-34)52-48(54-49)35-23-11-4-12-24-35/h1-31H. The Balaban J connectivity index is 1.16. The Kier molecular flexibility index (Phi) is 8.28. The fourth-order valence-electron chi connectivity index (χ4n) is 7.17. The zero-order valence-electron chi connectivity index (χ0n) is 29.5. The van der Waals surface area contributed by atoms with Crippen molar-refractivity contribution in [2.24, 2.45) is 0 Å². The Morgan fingerprint density at radius 3 is 1.38 bits per heavy atom. The van der Waals surface area contributed by atoms with Gasteiger partial charge in [0.25, 0.3) is 0 Å². The fraction of sp³-hybridized carbons (Fsp3) is 0. The molecule has 0 atom stereocenters. The molecule has 5 nitrogen and oxygen atoms in total. The summed E-state index contributed by atoms with van der Waals surface area (Å²) in [5.41, 5.74) is 9.93. The molecule has 7 aromatic carbocycles. The molecule has 0 saturated heterocycles. The minimum atomic E-state index is 0.644. The van der Waals surface area contributed by atoms with Crippen molar-refractivity contribution in [1.82, 2.24) is 24.9 Å². The van der Waals surface area contributed by atoms with Crippen LogP contribution in [0.3, 0.4) is 0 Å². The average Bonchev–Trinajstić information content (AvgIpc) is 3.67. The summed E-state index contributed by atoms with van der Waals surface area (Å²) in [6.07, 6.45) is 0. The molecule has 3 heterocycles. The van der Waals surface area contributed by atoms with Gasteiger partial charge < -0.3 is 0 Å². The van der Waals surface area contributed by atoms with Crippen molar-refractivity contribution in [1.29, 1.82) is 0 Å². The van der Waals surface area contributed by atoms with Crippen LogP contribution in [-0.2, 0) is 0 Å². The van der Waals surface area contributed by atoms with Crippen molar-refractivity contribution in [3.8, 4) is 79.2 Å². The fourth-order valence-corrected chi connectivity index (χ4v) is 8.43. The van der Waals surface area contributed by atoms with Gasteiger partial charge >= 0.3 is 0 Å². The highest BCUT2D eigenvalue weighted by Gasteiger charge is 2.20. The smallest absolute Gasteiger partial charge is 0.164 e. The molecule has 55 heavy (non-hydrogen) atoms. The molecule has 0 fully saturated rings. The van der Waals surface area contributed by atoms with E-state index in [0.717, 1.165) is 66.7 Å². The quantitative estimate of drug-likeness (QED) is 0.164. The normalized spacial score (nSPS) is 11.3. The second-order valence-electron chi connectivity index (χ2n) is 13.2. The molecule has 0 spiro atoms. The van der Waals surface area contributed by atoms with Crippen molar-refractivity contribution in [2.75, 3.05) is 0 Å². The molecule has 0 aliphatic rings. The first kappa shape index (κ1) is 32.5. The third-order valence-corrected chi connectivity index (χ3v) is 11.0. The Morgan fingerprint density at radius 1 is 0.309 bits per heavy atom. The summed E-state index contributed by atoms with van der Waals surface area (Å²) in [4.78, 5) is 25.4. The van der Waals surface area contributed by atoms with Gasteiger partial charge in [0.05, 0.1) is 11.4 Å².